The van der Waals surface area contributed by atoms with E-state index in [1.807, 2.05) is 0 Å². The Morgan fingerprint density at radius 2 is 1.79 bits per heavy atom. The van der Waals surface area contributed by atoms with Crippen molar-refractivity contribution in [3.05, 3.63) is 0 Å². The molecular formula is C11H21F3N2O3. The van der Waals surface area contributed by atoms with Crippen molar-refractivity contribution in [1.82, 2.24) is 10.6 Å². The summed E-state index contributed by atoms with van der Waals surface area (Å²) >= 11 is 0. The monoisotopic (exact) mass is 286 g/mol. The molecule has 2 atom stereocenters. The van der Waals surface area contributed by atoms with Gasteiger partial charge in [0, 0.05) is 19.1 Å². The third-order valence-corrected chi connectivity index (χ3v) is 1.99. The lowest BCUT2D eigenvalue weighted by Crippen LogP contribution is -2.46. The predicted molar refractivity (Wildman–Crippen MR) is 63.8 cm³/mol. The van der Waals surface area contributed by atoms with Crippen molar-refractivity contribution in [1.29, 1.82) is 0 Å². The first-order valence-electron chi connectivity index (χ1n) is 5.87. The standard InChI is InChI=1S/C11H21F3N2O3/c1-7(15-6-8(17)11(12,13)14)5-16-9(18)19-10(2,3)4/h7-8,15,17H,5-6H2,1-4H3,(H,16,18). The third kappa shape index (κ3) is 9.54. The Bertz CT molecular complexity index is 290. The fourth-order valence-corrected chi connectivity index (χ4v) is 1.05. The first-order valence-corrected chi connectivity index (χ1v) is 5.87. The minimum absolute atomic E-state index is 0.0967. The highest BCUT2D eigenvalue weighted by molar-refractivity contribution is 5.67. The van der Waals surface area contributed by atoms with Crippen LogP contribution in [0.4, 0.5) is 18.0 Å². The second kappa shape index (κ2) is 6.95. The molecule has 0 aliphatic rings. The number of aliphatic hydroxyl groups excluding tert-OH is 1. The number of halogens is 3. The van der Waals surface area contributed by atoms with Gasteiger partial charge in [-0.2, -0.15) is 13.2 Å². The number of nitrogens with one attached hydrogen (secondary N) is 2. The Kier molecular flexibility index (Phi) is 6.58. The van der Waals surface area contributed by atoms with E-state index in [-0.39, 0.29) is 6.54 Å². The zero-order chi connectivity index (χ0) is 15.3. The molecule has 0 aliphatic heterocycles. The molecule has 1 amide bonds. The average Bonchev–Trinajstić information content (AvgIpc) is 2.19. The molecule has 8 heteroatoms. The number of ether oxygens (including phenoxy) is 1. The van der Waals surface area contributed by atoms with Gasteiger partial charge in [-0.25, -0.2) is 4.79 Å². The first-order chi connectivity index (χ1) is 8.42. The number of carbonyl (C=O) groups is 1. The van der Waals surface area contributed by atoms with E-state index in [9.17, 15) is 18.0 Å². The van der Waals surface area contributed by atoms with Crippen LogP contribution in [0.25, 0.3) is 0 Å². The van der Waals surface area contributed by atoms with Gasteiger partial charge >= 0.3 is 12.3 Å². The zero-order valence-corrected chi connectivity index (χ0v) is 11.5. The van der Waals surface area contributed by atoms with Crippen molar-refractivity contribution >= 4 is 6.09 Å². The van der Waals surface area contributed by atoms with Gasteiger partial charge in [0.2, 0.25) is 0 Å². The van der Waals surface area contributed by atoms with Crippen LogP contribution in [-0.2, 0) is 4.74 Å². The molecular weight excluding hydrogens is 265 g/mol. The number of rotatable bonds is 5. The van der Waals surface area contributed by atoms with Crippen molar-refractivity contribution in [3.8, 4) is 0 Å². The first kappa shape index (κ1) is 18.0. The van der Waals surface area contributed by atoms with E-state index in [2.05, 4.69) is 10.6 Å². The Morgan fingerprint density at radius 1 is 1.26 bits per heavy atom. The molecule has 0 aromatic carbocycles. The number of amides is 1. The van der Waals surface area contributed by atoms with Crippen molar-refractivity contribution in [2.24, 2.45) is 0 Å². The topological polar surface area (TPSA) is 70.6 Å². The zero-order valence-electron chi connectivity index (χ0n) is 11.5. The van der Waals surface area contributed by atoms with Crippen molar-refractivity contribution in [3.63, 3.8) is 0 Å². The highest BCUT2D eigenvalue weighted by atomic mass is 19.4. The van der Waals surface area contributed by atoms with Gasteiger partial charge in [0.1, 0.15) is 5.60 Å². The van der Waals surface area contributed by atoms with Crippen LogP contribution in [0.15, 0.2) is 0 Å². The van der Waals surface area contributed by atoms with Crippen molar-refractivity contribution in [2.75, 3.05) is 13.1 Å². The number of hydrogen-bond donors (Lipinski definition) is 3. The van der Waals surface area contributed by atoms with Gasteiger partial charge in [0.05, 0.1) is 0 Å². The molecule has 5 nitrogen and oxygen atoms in total. The molecule has 0 aromatic heterocycles. The summed E-state index contributed by atoms with van der Waals surface area (Å²) in [6, 6.07) is -0.426. The van der Waals surface area contributed by atoms with Crippen LogP contribution >= 0.6 is 0 Å². The Balaban J connectivity index is 3.88. The molecule has 19 heavy (non-hydrogen) atoms. The predicted octanol–water partition coefficient (Wildman–Crippen LogP) is 1.41. The maximum atomic E-state index is 12.0. The second-order valence-electron chi connectivity index (χ2n) is 5.25. The number of carbonyl (C=O) groups excluding carboxylic acids is 1. The molecule has 0 aromatic rings. The lowest BCUT2D eigenvalue weighted by Gasteiger charge is -2.22. The highest BCUT2D eigenvalue weighted by Gasteiger charge is 2.37. The summed E-state index contributed by atoms with van der Waals surface area (Å²) in [6.07, 6.45) is -7.71. The molecule has 0 fully saturated rings. The molecule has 0 radical (unpaired) electrons. The summed E-state index contributed by atoms with van der Waals surface area (Å²) < 4.78 is 41.0. The van der Waals surface area contributed by atoms with Crippen LogP contribution in [0.5, 0.6) is 0 Å². The third-order valence-electron chi connectivity index (χ3n) is 1.99. The highest BCUT2D eigenvalue weighted by Crippen LogP contribution is 2.19. The number of alkyl halides is 3. The fourth-order valence-electron chi connectivity index (χ4n) is 1.05. The second-order valence-corrected chi connectivity index (χ2v) is 5.25. The van der Waals surface area contributed by atoms with Gasteiger partial charge in [0.25, 0.3) is 0 Å². The summed E-state index contributed by atoms with van der Waals surface area (Å²) in [7, 11) is 0. The van der Waals surface area contributed by atoms with E-state index >= 15 is 0 Å². The summed E-state index contributed by atoms with van der Waals surface area (Å²) in [6.45, 7) is 6.16. The molecule has 0 heterocycles. The number of hydrogen-bond acceptors (Lipinski definition) is 4. The van der Waals surface area contributed by atoms with Gasteiger partial charge in [-0.15, -0.1) is 0 Å². The van der Waals surface area contributed by atoms with E-state index < -0.39 is 36.6 Å². The molecule has 3 N–H and O–H groups in total. The van der Waals surface area contributed by atoms with Crippen LogP contribution in [0.1, 0.15) is 27.7 Å². The normalized spacial score (nSPS) is 15.8. The van der Waals surface area contributed by atoms with E-state index in [4.69, 9.17) is 9.84 Å². The summed E-state index contributed by atoms with van der Waals surface area (Å²) in [5.74, 6) is 0. The fraction of sp³-hybridized carbons (Fsp3) is 0.909. The minimum Gasteiger partial charge on any atom is -0.444 e. The molecule has 0 aliphatic carbocycles. The van der Waals surface area contributed by atoms with E-state index in [0.29, 0.717) is 0 Å². The van der Waals surface area contributed by atoms with E-state index in [1.165, 1.54) is 0 Å². The maximum Gasteiger partial charge on any atom is 0.415 e. The van der Waals surface area contributed by atoms with Gasteiger partial charge in [-0.1, -0.05) is 0 Å². The van der Waals surface area contributed by atoms with Crippen molar-refractivity contribution in [2.45, 2.75) is 51.6 Å². The quantitative estimate of drug-likeness (QED) is 0.714. The van der Waals surface area contributed by atoms with Crippen LogP contribution in [0, 0.1) is 0 Å². The van der Waals surface area contributed by atoms with Crippen molar-refractivity contribution < 1.29 is 27.8 Å². The lowest BCUT2D eigenvalue weighted by atomic mass is 10.2. The minimum atomic E-state index is -4.65. The molecule has 0 rings (SSSR count). The summed E-state index contributed by atoms with van der Waals surface area (Å²) in [5.41, 5.74) is -0.632. The SMILES string of the molecule is CC(CNC(=O)OC(C)(C)C)NCC(O)C(F)(F)F. The Hall–Kier alpha value is -1.02. The smallest absolute Gasteiger partial charge is 0.415 e. The van der Waals surface area contributed by atoms with Crippen LogP contribution in [0.2, 0.25) is 0 Å². The van der Waals surface area contributed by atoms with Crippen LogP contribution in [-0.4, -0.2) is 48.2 Å². The summed E-state index contributed by atoms with van der Waals surface area (Å²) in [4.78, 5) is 11.3. The van der Waals surface area contributed by atoms with Gasteiger partial charge in [-0.3, -0.25) is 0 Å². The summed E-state index contributed by atoms with van der Waals surface area (Å²) in [5, 5.41) is 13.6. The molecule has 114 valence electrons. The Morgan fingerprint density at radius 3 is 2.21 bits per heavy atom. The molecule has 0 spiro atoms. The lowest BCUT2D eigenvalue weighted by molar-refractivity contribution is -0.202. The van der Waals surface area contributed by atoms with Gasteiger partial charge in [-0.05, 0) is 27.7 Å². The number of aliphatic hydroxyl groups is 1. The van der Waals surface area contributed by atoms with Crippen LogP contribution in [0.3, 0.4) is 0 Å². The largest absolute Gasteiger partial charge is 0.444 e. The average molecular weight is 286 g/mol. The Labute approximate surface area is 110 Å². The molecule has 0 saturated heterocycles. The van der Waals surface area contributed by atoms with Gasteiger partial charge < -0.3 is 20.5 Å². The van der Waals surface area contributed by atoms with Gasteiger partial charge in [0.15, 0.2) is 6.10 Å². The van der Waals surface area contributed by atoms with E-state index in [1.54, 1.807) is 27.7 Å². The molecule has 0 saturated carbocycles. The van der Waals surface area contributed by atoms with Crippen LogP contribution < -0.4 is 10.6 Å². The number of alkyl carbamates (subject to hydrolysis) is 1. The maximum absolute atomic E-state index is 12.0. The van der Waals surface area contributed by atoms with E-state index in [0.717, 1.165) is 0 Å². The molecule has 2 unspecified atom stereocenters. The molecule has 0 bridgehead atoms.